The SMILES string of the molecule is CCc1ccc(CNc2ccc(-c3csc(C)n3)cc2)s1. The molecule has 2 nitrogen and oxygen atoms in total. The van der Waals surface area contributed by atoms with E-state index in [1.807, 2.05) is 18.3 Å². The maximum absolute atomic E-state index is 4.52. The zero-order valence-electron chi connectivity index (χ0n) is 12.2. The topological polar surface area (TPSA) is 24.9 Å². The summed E-state index contributed by atoms with van der Waals surface area (Å²) in [6, 6.07) is 12.9. The Hall–Kier alpha value is -1.65. The Morgan fingerprint density at radius 2 is 1.81 bits per heavy atom. The molecule has 0 saturated carbocycles. The molecule has 2 heterocycles. The van der Waals surface area contributed by atoms with E-state index in [1.54, 1.807) is 11.3 Å². The van der Waals surface area contributed by atoms with Gasteiger partial charge >= 0.3 is 0 Å². The van der Waals surface area contributed by atoms with E-state index in [9.17, 15) is 0 Å². The van der Waals surface area contributed by atoms with E-state index >= 15 is 0 Å². The minimum absolute atomic E-state index is 0.889. The second kappa shape index (κ2) is 6.41. The lowest BCUT2D eigenvalue weighted by molar-refractivity contribution is 1.19. The van der Waals surface area contributed by atoms with Crippen LogP contribution in [0.5, 0.6) is 0 Å². The van der Waals surface area contributed by atoms with Gasteiger partial charge in [0.05, 0.1) is 10.7 Å². The van der Waals surface area contributed by atoms with Crippen LogP contribution in [0, 0.1) is 6.92 Å². The highest BCUT2D eigenvalue weighted by molar-refractivity contribution is 7.12. The largest absolute Gasteiger partial charge is 0.380 e. The normalized spacial score (nSPS) is 10.8. The van der Waals surface area contributed by atoms with Gasteiger partial charge in [0.2, 0.25) is 0 Å². The van der Waals surface area contributed by atoms with Gasteiger partial charge in [0, 0.05) is 32.9 Å². The number of thiophene rings is 1. The van der Waals surface area contributed by atoms with Gasteiger partial charge in [-0.15, -0.1) is 22.7 Å². The molecule has 3 rings (SSSR count). The maximum Gasteiger partial charge on any atom is 0.0901 e. The molecule has 21 heavy (non-hydrogen) atoms. The van der Waals surface area contributed by atoms with Crippen molar-refractivity contribution in [3.8, 4) is 11.3 Å². The molecular formula is C17H18N2S2. The summed E-state index contributed by atoms with van der Waals surface area (Å²) in [6.07, 6.45) is 1.12. The van der Waals surface area contributed by atoms with Crippen molar-refractivity contribution < 1.29 is 0 Å². The molecular weight excluding hydrogens is 296 g/mol. The lowest BCUT2D eigenvalue weighted by Crippen LogP contribution is -1.96. The van der Waals surface area contributed by atoms with E-state index < -0.39 is 0 Å². The molecule has 0 amide bonds. The van der Waals surface area contributed by atoms with Gasteiger partial charge in [-0.05, 0) is 37.6 Å². The van der Waals surface area contributed by atoms with Gasteiger partial charge in [-0.25, -0.2) is 4.98 Å². The molecule has 0 aliphatic carbocycles. The highest BCUT2D eigenvalue weighted by Crippen LogP contribution is 2.24. The summed E-state index contributed by atoms with van der Waals surface area (Å²) in [5.74, 6) is 0. The van der Waals surface area contributed by atoms with Crippen LogP contribution in [-0.2, 0) is 13.0 Å². The predicted molar refractivity (Wildman–Crippen MR) is 93.3 cm³/mol. The maximum atomic E-state index is 4.52. The molecule has 0 unspecified atom stereocenters. The number of nitrogens with one attached hydrogen (secondary N) is 1. The van der Waals surface area contributed by atoms with Crippen molar-refractivity contribution in [1.29, 1.82) is 0 Å². The van der Waals surface area contributed by atoms with E-state index in [-0.39, 0.29) is 0 Å². The van der Waals surface area contributed by atoms with Crippen LogP contribution in [0.1, 0.15) is 21.7 Å². The summed E-state index contributed by atoms with van der Waals surface area (Å²) in [4.78, 5) is 7.34. The lowest BCUT2D eigenvalue weighted by Gasteiger charge is -2.05. The molecule has 0 atom stereocenters. The summed E-state index contributed by atoms with van der Waals surface area (Å²) < 4.78 is 0. The summed E-state index contributed by atoms with van der Waals surface area (Å²) in [5.41, 5.74) is 3.39. The van der Waals surface area contributed by atoms with Crippen LogP contribution in [0.25, 0.3) is 11.3 Å². The van der Waals surface area contributed by atoms with Crippen LogP contribution in [0.3, 0.4) is 0 Å². The third kappa shape index (κ3) is 3.52. The van der Waals surface area contributed by atoms with Crippen LogP contribution < -0.4 is 5.32 Å². The average molecular weight is 314 g/mol. The number of hydrogen-bond acceptors (Lipinski definition) is 4. The molecule has 1 aromatic carbocycles. The number of aryl methyl sites for hydroxylation is 2. The first-order chi connectivity index (χ1) is 10.2. The van der Waals surface area contributed by atoms with Gasteiger partial charge in [0.15, 0.2) is 0 Å². The average Bonchev–Trinajstić information content (AvgIpc) is 3.14. The molecule has 0 spiro atoms. The van der Waals surface area contributed by atoms with Gasteiger partial charge < -0.3 is 5.32 Å². The summed E-state index contributed by atoms with van der Waals surface area (Å²) in [6.45, 7) is 5.12. The molecule has 4 heteroatoms. The molecule has 0 saturated heterocycles. The third-order valence-corrected chi connectivity index (χ3v) is 5.34. The fourth-order valence-corrected chi connectivity index (χ4v) is 3.67. The van der Waals surface area contributed by atoms with E-state index in [4.69, 9.17) is 0 Å². The number of hydrogen-bond donors (Lipinski definition) is 1. The zero-order chi connectivity index (χ0) is 14.7. The number of benzene rings is 1. The van der Waals surface area contributed by atoms with Crippen LogP contribution >= 0.6 is 22.7 Å². The Morgan fingerprint density at radius 1 is 1.05 bits per heavy atom. The summed E-state index contributed by atoms with van der Waals surface area (Å²) in [5, 5.41) is 6.69. The summed E-state index contributed by atoms with van der Waals surface area (Å²) >= 11 is 3.57. The Balaban J connectivity index is 1.64. The Kier molecular flexibility index (Phi) is 4.36. The fraction of sp³-hybridized carbons (Fsp3) is 0.235. The smallest absolute Gasteiger partial charge is 0.0901 e. The van der Waals surface area contributed by atoms with Crippen molar-refractivity contribution in [2.45, 2.75) is 26.8 Å². The van der Waals surface area contributed by atoms with Crippen molar-refractivity contribution in [3.05, 3.63) is 56.5 Å². The Morgan fingerprint density at radius 3 is 2.43 bits per heavy atom. The molecule has 0 aliphatic heterocycles. The van der Waals surface area contributed by atoms with Crippen molar-refractivity contribution >= 4 is 28.4 Å². The van der Waals surface area contributed by atoms with Crippen LogP contribution in [-0.4, -0.2) is 4.98 Å². The van der Waals surface area contributed by atoms with E-state index in [1.165, 1.54) is 15.3 Å². The molecule has 2 aromatic heterocycles. The van der Waals surface area contributed by atoms with Crippen LogP contribution in [0.4, 0.5) is 5.69 Å². The monoisotopic (exact) mass is 314 g/mol. The first kappa shape index (κ1) is 14.3. The van der Waals surface area contributed by atoms with Crippen molar-refractivity contribution in [2.24, 2.45) is 0 Å². The van der Waals surface area contributed by atoms with Gasteiger partial charge in [0.25, 0.3) is 0 Å². The molecule has 108 valence electrons. The van der Waals surface area contributed by atoms with Crippen molar-refractivity contribution in [2.75, 3.05) is 5.32 Å². The molecule has 0 radical (unpaired) electrons. The third-order valence-electron chi connectivity index (χ3n) is 3.33. The van der Waals surface area contributed by atoms with Gasteiger partial charge in [-0.3, -0.25) is 0 Å². The highest BCUT2D eigenvalue weighted by Gasteiger charge is 2.03. The second-order valence-electron chi connectivity index (χ2n) is 4.90. The Bertz CT molecular complexity index is 710. The molecule has 0 bridgehead atoms. The molecule has 0 aliphatic rings. The number of aromatic nitrogens is 1. The fourth-order valence-electron chi connectivity index (χ4n) is 2.15. The quantitative estimate of drug-likeness (QED) is 0.686. The number of thiazole rings is 1. The minimum atomic E-state index is 0.889. The first-order valence-electron chi connectivity index (χ1n) is 7.08. The van der Waals surface area contributed by atoms with Gasteiger partial charge in [-0.2, -0.15) is 0 Å². The van der Waals surface area contributed by atoms with Crippen LogP contribution in [0.15, 0.2) is 41.8 Å². The second-order valence-corrected chi connectivity index (χ2v) is 7.22. The number of anilines is 1. The minimum Gasteiger partial charge on any atom is -0.380 e. The van der Waals surface area contributed by atoms with Crippen molar-refractivity contribution in [3.63, 3.8) is 0 Å². The van der Waals surface area contributed by atoms with E-state index in [0.717, 1.165) is 29.4 Å². The lowest BCUT2D eigenvalue weighted by atomic mass is 10.1. The van der Waals surface area contributed by atoms with Crippen molar-refractivity contribution in [1.82, 2.24) is 4.98 Å². The Labute approximate surface area is 133 Å². The molecule has 0 fully saturated rings. The molecule has 3 aromatic rings. The van der Waals surface area contributed by atoms with Gasteiger partial charge in [-0.1, -0.05) is 19.1 Å². The summed E-state index contributed by atoms with van der Waals surface area (Å²) in [7, 11) is 0. The van der Waals surface area contributed by atoms with E-state index in [0.29, 0.717) is 0 Å². The zero-order valence-corrected chi connectivity index (χ0v) is 13.9. The van der Waals surface area contributed by atoms with Crippen LogP contribution in [0.2, 0.25) is 0 Å². The standard InChI is InChI=1S/C17H18N2S2/c1-3-15-8-9-16(21-15)10-18-14-6-4-13(5-7-14)17-11-20-12(2)19-17/h4-9,11,18H,3,10H2,1-2H3. The first-order valence-corrected chi connectivity index (χ1v) is 8.78. The highest BCUT2D eigenvalue weighted by atomic mass is 32.1. The predicted octanol–water partition coefficient (Wildman–Crippen LogP) is 5.35. The number of rotatable bonds is 5. The number of nitrogens with zero attached hydrogens (tertiary/aromatic N) is 1. The molecule has 1 N–H and O–H groups in total. The van der Waals surface area contributed by atoms with E-state index in [2.05, 4.69) is 59.0 Å². The van der Waals surface area contributed by atoms with Gasteiger partial charge in [0.1, 0.15) is 0 Å².